The van der Waals surface area contributed by atoms with Crippen LogP contribution < -0.4 is 0 Å². The van der Waals surface area contributed by atoms with Crippen LogP contribution in [0.4, 0.5) is 0 Å². The smallest absolute Gasteiger partial charge is 0.330 e. The first kappa shape index (κ1) is 14.5. The van der Waals surface area contributed by atoms with E-state index in [4.69, 9.17) is 9.29 Å². The molecule has 7 heteroatoms. The highest BCUT2D eigenvalue weighted by molar-refractivity contribution is 8.00. The fraction of sp³-hybridized carbons (Fsp3) is 0.625. The van der Waals surface area contributed by atoms with Crippen LogP contribution in [0.15, 0.2) is 12.7 Å². The summed E-state index contributed by atoms with van der Waals surface area (Å²) in [5.41, 5.74) is 0. The molecule has 5 nitrogen and oxygen atoms in total. The molecule has 0 saturated heterocycles. The number of hydrogen-bond donors (Lipinski definition) is 1. The van der Waals surface area contributed by atoms with Crippen LogP contribution in [0.2, 0.25) is 0 Å². The van der Waals surface area contributed by atoms with Gasteiger partial charge in [0.05, 0.1) is 5.75 Å². The molecular weight excluding hydrogens is 240 g/mol. The molecule has 1 N–H and O–H groups in total. The zero-order valence-corrected chi connectivity index (χ0v) is 10.0. The molecule has 0 aromatic rings. The van der Waals surface area contributed by atoms with Crippen molar-refractivity contribution in [3.8, 4) is 0 Å². The summed E-state index contributed by atoms with van der Waals surface area (Å²) in [5.74, 6) is -0.0400. The van der Waals surface area contributed by atoms with Crippen LogP contribution >= 0.6 is 11.8 Å². The third kappa shape index (κ3) is 9.77. The van der Waals surface area contributed by atoms with Crippen LogP contribution in [-0.2, 0) is 19.6 Å². The Balaban J connectivity index is 3.60. The molecule has 1 unspecified atom stereocenters. The van der Waals surface area contributed by atoms with Gasteiger partial charge in [-0.1, -0.05) is 6.58 Å². The average Bonchev–Trinajstić information content (AvgIpc) is 2.11. The molecule has 0 aromatic carbocycles. The van der Waals surface area contributed by atoms with Crippen LogP contribution in [0.5, 0.6) is 0 Å². The van der Waals surface area contributed by atoms with Crippen molar-refractivity contribution >= 4 is 27.8 Å². The zero-order chi connectivity index (χ0) is 11.9. The minimum absolute atomic E-state index is 0.273. The number of rotatable bonds is 7. The summed E-state index contributed by atoms with van der Waals surface area (Å²) >= 11 is 1.29. The molecule has 0 aliphatic carbocycles. The van der Waals surface area contributed by atoms with Crippen LogP contribution in [0.1, 0.15) is 6.92 Å². The molecule has 0 saturated carbocycles. The summed E-state index contributed by atoms with van der Waals surface area (Å²) in [4.78, 5) is 10.7. The van der Waals surface area contributed by atoms with E-state index in [2.05, 4.69) is 6.58 Å². The predicted molar refractivity (Wildman–Crippen MR) is 59.5 cm³/mol. The zero-order valence-electron chi connectivity index (χ0n) is 8.38. The molecule has 0 fully saturated rings. The molecule has 0 aromatic heterocycles. The number of ether oxygens (including phenoxy) is 1. The van der Waals surface area contributed by atoms with Gasteiger partial charge in [0.15, 0.2) is 0 Å². The normalized spacial score (nSPS) is 13.2. The highest BCUT2D eigenvalue weighted by Crippen LogP contribution is 2.06. The first-order chi connectivity index (χ1) is 6.85. The van der Waals surface area contributed by atoms with Gasteiger partial charge in [0.25, 0.3) is 10.1 Å². The number of carbonyl (C=O) groups excluding carboxylic acids is 1. The van der Waals surface area contributed by atoms with Crippen LogP contribution in [0.3, 0.4) is 0 Å². The molecule has 15 heavy (non-hydrogen) atoms. The van der Waals surface area contributed by atoms with Gasteiger partial charge >= 0.3 is 5.97 Å². The standard InChI is InChI=1S/C8H14O5S2/c1-3-8(9)13-7(2)6-14-4-5-15(10,11)12/h3,7H,1,4-6H2,2H3,(H,10,11,12). The Morgan fingerprint density at radius 2 is 2.27 bits per heavy atom. The van der Waals surface area contributed by atoms with Gasteiger partial charge in [-0.05, 0) is 6.92 Å². The summed E-state index contributed by atoms with van der Waals surface area (Å²) in [6.45, 7) is 4.94. The maximum absolute atomic E-state index is 10.7. The predicted octanol–water partition coefficient (Wildman–Crippen LogP) is 0.725. The second-order valence-corrected chi connectivity index (χ2v) is 5.53. The van der Waals surface area contributed by atoms with Gasteiger partial charge in [0, 0.05) is 17.6 Å². The molecule has 88 valence electrons. The first-order valence-electron chi connectivity index (χ1n) is 4.21. The Morgan fingerprint density at radius 3 is 2.73 bits per heavy atom. The van der Waals surface area contributed by atoms with Crippen molar-refractivity contribution in [2.45, 2.75) is 13.0 Å². The second-order valence-electron chi connectivity index (χ2n) is 2.81. The number of carbonyl (C=O) groups is 1. The third-order valence-corrected chi connectivity index (χ3v) is 3.50. The monoisotopic (exact) mass is 254 g/mol. The quantitative estimate of drug-likeness (QED) is 0.312. The van der Waals surface area contributed by atoms with E-state index in [0.717, 1.165) is 6.08 Å². The molecule has 0 heterocycles. The average molecular weight is 254 g/mol. The SMILES string of the molecule is C=CC(=O)OC(C)CSCCS(=O)(=O)O. The lowest BCUT2D eigenvalue weighted by Crippen LogP contribution is -2.16. The van der Waals surface area contributed by atoms with Crippen molar-refractivity contribution in [2.75, 3.05) is 17.3 Å². The Hall–Kier alpha value is -0.530. The van der Waals surface area contributed by atoms with Crippen LogP contribution in [0.25, 0.3) is 0 Å². The van der Waals surface area contributed by atoms with E-state index in [1.165, 1.54) is 11.8 Å². The summed E-state index contributed by atoms with van der Waals surface area (Å²) in [5, 5.41) is 0. The van der Waals surface area contributed by atoms with E-state index < -0.39 is 16.1 Å². The van der Waals surface area contributed by atoms with Gasteiger partial charge in [-0.15, -0.1) is 0 Å². The molecule has 0 aliphatic rings. The second kappa shape index (κ2) is 6.86. The molecule has 0 spiro atoms. The maximum Gasteiger partial charge on any atom is 0.330 e. The molecule has 1 atom stereocenters. The lowest BCUT2D eigenvalue weighted by Gasteiger charge is -2.10. The highest BCUT2D eigenvalue weighted by Gasteiger charge is 2.08. The molecule has 0 amide bonds. The number of thioether (sulfide) groups is 1. The minimum Gasteiger partial charge on any atom is -0.459 e. The van der Waals surface area contributed by atoms with Crippen molar-refractivity contribution in [3.63, 3.8) is 0 Å². The molecule has 0 radical (unpaired) electrons. The van der Waals surface area contributed by atoms with Crippen molar-refractivity contribution in [1.29, 1.82) is 0 Å². The van der Waals surface area contributed by atoms with Crippen molar-refractivity contribution < 1.29 is 22.5 Å². The lowest BCUT2D eigenvalue weighted by atomic mass is 10.5. The molecule has 0 bridgehead atoms. The molecular formula is C8H14O5S2. The van der Waals surface area contributed by atoms with E-state index >= 15 is 0 Å². The van der Waals surface area contributed by atoms with Crippen LogP contribution in [-0.4, -0.2) is 42.3 Å². The summed E-state index contributed by atoms with van der Waals surface area (Å²) in [7, 11) is -3.89. The third-order valence-electron chi connectivity index (χ3n) is 1.32. The largest absolute Gasteiger partial charge is 0.459 e. The van der Waals surface area contributed by atoms with Gasteiger partial charge in [-0.3, -0.25) is 4.55 Å². The van der Waals surface area contributed by atoms with E-state index in [9.17, 15) is 13.2 Å². The molecule has 0 aliphatic heterocycles. The minimum atomic E-state index is -3.89. The van der Waals surface area contributed by atoms with E-state index in [0.29, 0.717) is 5.75 Å². The lowest BCUT2D eigenvalue weighted by molar-refractivity contribution is -0.141. The van der Waals surface area contributed by atoms with Gasteiger partial charge in [-0.2, -0.15) is 20.2 Å². The van der Waals surface area contributed by atoms with Crippen molar-refractivity contribution in [1.82, 2.24) is 0 Å². The summed E-state index contributed by atoms with van der Waals surface area (Å²) < 4.78 is 34.0. The van der Waals surface area contributed by atoms with Gasteiger partial charge in [0.2, 0.25) is 0 Å². The van der Waals surface area contributed by atoms with Gasteiger partial charge in [-0.25, -0.2) is 4.79 Å². The summed E-state index contributed by atoms with van der Waals surface area (Å²) in [6.07, 6.45) is 0.765. The molecule has 0 rings (SSSR count). The fourth-order valence-electron chi connectivity index (χ4n) is 0.694. The number of hydrogen-bond acceptors (Lipinski definition) is 5. The van der Waals surface area contributed by atoms with Gasteiger partial charge < -0.3 is 4.74 Å². The summed E-state index contributed by atoms with van der Waals surface area (Å²) in [6, 6.07) is 0. The number of esters is 1. The van der Waals surface area contributed by atoms with E-state index in [1.807, 2.05) is 0 Å². The topological polar surface area (TPSA) is 80.7 Å². The Labute approximate surface area is 93.6 Å². The first-order valence-corrected chi connectivity index (χ1v) is 6.97. The Bertz CT molecular complexity index is 309. The Kier molecular flexibility index (Phi) is 6.62. The van der Waals surface area contributed by atoms with E-state index in [1.54, 1.807) is 6.92 Å². The van der Waals surface area contributed by atoms with Crippen molar-refractivity contribution in [2.24, 2.45) is 0 Å². The maximum atomic E-state index is 10.7. The highest BCUT2D eigenvalue weighted by atomic mass is 32.2. The fourth-order valence-corrected chi connectivity index (χ4v) is 2.57. The van der Waals surface area contributed by atoms with E-state index in [-0.39, 0.29) is 17.6 Å². The Morgan fingerprint density at radius 1 is 1.67 bits per heavy atom. The van der Waals surface area contributed by atoms with Gasteiger partial charge in [0.1, 0.15) is 6.10 Å². The van der Waals surface area contributed by atoms with Crippen molar-refractivity contribution in [3.05, 3.63) is 12.7 Å². The van der Waals surface area contributed by atoms with Crippen LogP contribution in [0, 0.1) is 0 Å².